The average molecular weight is 235 g/mol. The number of benzene rings is 1. The number of rotatable bonds is 5. The van der Waals surface area contributed by atoms with E-state index in [9.17, 15) is 4.79 Å². The highest BCUT2D eigenvalue weighted by molar-refractivity contribution is 5.77. The molecule has 0 bridgehead atoms. The molecule has 0 saturated heterocycles. The van der Waals surface area contributed by atoms with Gasteiger partial charge in [0.2, 0.25) is 0 Å². The van der Waals surface area contributed by atoms with Crippen LogP contribution in [0.25, 0.3) is 0 Å². The van der Waals surface area contributed by atoms with Gasteiger partial charge < -0.3 is 10.4 Å². The van der Waals surface area contributed by atoms with E-state index in [0.29, 0.717) is 6.54 Å². The maximum absolute atomic E-state index is 10.9. The van der Waals surface area contributed by atoms with Gasteiger partial charge in [-0.2, -0.15) is 0 Å². The van der Waals surface area contributed by atoms with Crippen molar-refractivity contribution >= 4 is 5.97 Å². The second kappa shape index (κ2) is 5.32. The number of carbonyl (C=O) groups is 1. The van der Waals surface area contributed by atoms with Gasteiger partial charge in [-0.25, -0.2) is 0 Å². The first-order valence-corrected chi connectivity index (χ1v) is 5.87. The molecule has 0 atom stereocenters. The van der Waals surface area contributed by atoms with E-state index in [4.69, 9.17) is 5.11 Å². The number of aryl methyl sites for hydroxylation is 2. The summed E-state index contributed by atoms with van der Waals surface area (Å²) in [5, 5.41) is 12.0. The molecule has 1 rings (SSSR count). The summed E-state index contributed by atoms with van der Waals surface area (Å²) in [6.45, 7) is 8.19. The van der Waals surface area contributed by atoms with Crippen molar-refractivity contribution in [3.8, 4) is 0 Å². The first-order chi connectivity index (χ1) is 7.83. The van der Waals surface area contributed by atoms with Gasteiger partial charge >= 0.3 is 5.97 Å². The molecule has 1 aromatic carbocycles. The molecule has 1 aromatic rings. The van der Waals surface area contributed by atoms with E-state index < -0.39 is 11.5 Å². The first-order valence-electron chi connectivity index (χ1n) is 5.87. The quantitative estimate of drug-likeness (QED) is 0.823. The number of nitrogens with one attached hydrogen (secondary N) is 1. The lowest BCUT2D eigenvalue weighted by molar-refractivity contribution is -0.143. The number of aliphatic carboxylic acids is 1. The van der Waals surface area contributed by atoms with Gasteiger partial charge in [0.25, 0.3) is 0 Å². The van der Waals surface area contributed by atoms with E-state index in [1.54, 1.807) is 13.8 Å². The zero-order chi connectivity index (χ0) is 13.1. The topological polar surface area (TPSA) is 49.3 Å². The molecule has 0 aliphatic heterocycles. The van der Waals surface area contributed by atoms with Gasteiger partial charge in [0.05, 0.1) is 0 Å². The van der Waals surface area contributed by atoms with Crippen molar-refractivity contribution < 1.29 is 9.90 Å². The van der Waals surface area contributed by atoms with E-state index in [1.165, 1.54) is 16.7 Å². The minimum atomic E-state index is -0.862. The predicted molar refractivity (Wildman–Crippen MR) is 69.3 cm³/mol. The van der Waals surface area contributed by atoms with Crippen molar-refractivity contribution in [2.45, 2.75) is 39.7 Å². The molecule has 0 aliphatic rings. The summed E-state index contributed by atoms with van der Waals surface area (Å²) in [7, 11) is 0. The molecule has 0 fully saturated rings. The molecule has 3 heteroatoms. The summed E-state index contributed by atoms with van der Waals surface area (Å²) in [5.41, 5.74) is 2.92. The van der Waals surface area contributed by atoms with Gasteiger partial charge in [-0.1, -0.05) is 23.8 Å². The van der Waals surface area contributed by atoms with Crippen molar-refractivity contribution in [2.24, 2.45) is 0 Å². The highest BCUT2D eigenvalue weighted by Gasteiger charge is 2.25. The Morgan fingerprint density at radius 1 is 1.35 bits per heavy atom. The summed E-state index contributed by atoms with van der Waals surface area (Å²) in [6, 6.07) is 6.35. The molecule has 0 spiro atoms. The zero-order valence-electron chi connectivity index (χ0n) is 11.0. The summed E-state index contributed by atoms with van der Waals surface area (Å²) < 4.78 is 0. The Bertz CT molecular complexity index is 411. The summed E-state index contributed by atoms with van der Waals surface area (Å²) in [5.74, 6) is -0.821. The van der Waals surface area contributed by atoms with Gasteiger partial charge in [-0.15, -0.1) is 0 Å². The number of hydrogen-bond acceptors (Lipinski definition) is 2. The Morgan fingerprint density at radius 3 is 2.53 bits per heavy atom. The van der Waals surface area contributed by atoms with Crippen LogP contribution in [0.2, 0.25) is 0 Å². The standard InChI is InChI=1S/C14H21NO2/c1-10-5-6-12(11(2)9-10)7-8-15-14(3,4)13(16)17/h5-6,9,15H,7-8H2,1-4H3,(H,16,17). The highest BCUT2D eigenvalue weighted by atomic mass is 16.4. The van der Waals surface area contributed by atoms with Gasteiger partial charge in [-0.3, -0.25) is 4.79 Å². The lowest BCUT2D eigenvalue weighted by Gasteiger charge is -2.21. The maximum atomic E-state index is 10.9. The fourth-order valence-electron chi connectivity index (χ4n) is 1.71. The van der Waals surface area contributed by atoms with Crippen molar-refractivity contribution in [3.63, 3.8) is 0 Å². The molecule has 17 heavy (non-hydrogen) atoms. The molecule has 2 N–H and O–H groups in total. The van der Waals surface area contributed by atoms with Gasteiger partial charge in [-0.05, 0) is 45.2 Å². The molecule has 94 valence electrons. The van der Waals surface area contributed by atoms with E-state index in [1.807, 2.05) is 0 Å². The Balaban J connectivity index is 2.54. The second-order valence-electron chi connectivity index (χ2n) is 5.04. The van der Waals surface area contributed by atoms with E-state index in [0.717, 1.165) is 6.42 Å². The second-order valence-corrected chi connectivity index (χ2v) is 5.04. The third-order valence-electron chi connectivity index (χ3n) is 2.99. The van der Waals surface area contributed by atoms with E-state index >= 15 is 0 Å². The average Bonchev–Trinajstić information content (AvgIpc) is 2.21. The fraction of sp³-hybridized carbons (Fsp3) is 0.500. The van der Waals surface area contributed by atoms with Crippen molar-refractivity contribution in [1.29, 1.82) is 0 Å². The van der Waals surface area contributed by atoms with Crippen LogP contribution < -0.4 is 5.32 Å². The smallest absolute Gasteiger partial charge is 0.323 e. The van der Waals surface area contributed by atoms with Gasteiger partial charge in [0.15, 0.2) is 0 Å². The maximum Gasteiger partial charge on any atom is 0.323 e. The molecule has 0 radical (unpaired) electrons. The monoisotopic (exact) mass is 235 g/mol. The Hall–Kier alpha value is -1.35. The molecule has 0 aliphatic carbocycles. The highest BCUT2D eigenvalue weighted by Crippen LogP contribution is 2.11. The summed E-state index contributed by atoms with van der Waals surface area (Å²) in [6.07, 6.45) is 0.850. The van der Waals surface area contributed by atoms with Crippen molar-refractivity contribution in [2.75, 3.05) is 6.54 Å². The van der Waals surface area contributed by atoms with Crippen LogP contribution in [0.4, 0.5) is 0 Å². The Labute approximate surface area is 103 Å². The minimum absolute atomic E-state index is 0.670. The third-order valence-corrected chi connectivity index (χ3v) is 2.99. The molecular weight excluding hydrogens is 214 g/mol. The molecule has 0 heterocycles. The molecule has 0 amide bonds. The Kier molecular flexibility index (Phi) is 4.29. The lowest BCUT2D eigenvalue weighted by atomic mass is 10.0. The van der Waals surface area contributed by atoms with Gasteiger partial charge in [0, 0.05) is 6.54 Å². The normalized spacial score (nSPS) is 11.5. The number of hydrogen-bond donors (Lipinski definition) is 2. The fourth-order valence-corrected chi connectivity index (χ4v) is 1.71. The third kappa shape index (κ3) is 3.86. The van der Waals surface area contributed by atoms with Gasteiger partial charge in [0.1, 0.15) is 5.54 Å². The van der Waals surface area contributed by atoms with Crippen molar-refractivity contribution in [3.05, 3.63) is 34.9 Å². The molecule has 3 nitrogen and oxygen atoms in total. The molecule has 0 saturated carbocycles. The van der Waals surface area contributed by atoms with Crippen LogP contribution >= 0.6 is 0 Å². The van der Waals surface area contributed by atoms with E-state index in [2.05, 4.69) is 37.4 Å². The zero-order valence-corrected chi connectivity index (χ0v) is 11.0. The van der Waals surface area contributed by atoms with Crippen LogP contribution in [-0.4, -0.2) is 23.2 Å². The number of carboxylic acids is 1. The SMILES string of the molecule is Cc1ccc(CCNC(C)(C)C(=O)O)c(C)c1. The Morgan fingerprint density at radius 2 is 2.00 bits per heavy atom. The summed E-state index contributed by atoms with van der Waals surface area (Å²) >= 11 is 0. The predicted octanol–water partition coefficient (Wildman–Crippen LogP) is 2.30. The first kappa shape index (κ1) is 13.7. The van der Waals surface area contributed by atoms with E-state index in [-0.39, 0.29) is 0 Å². The lowest BCUT2D eigenvalue weighted by Crippen LogP contribution is -2.47. The van der Waals surface area contributed by atoms with Crippen LogP contribution in [-0.2, 0) is 11.2 Å². The molecular formula is C14H21NO2. The molecule has 0 unspecified atom stereocenters. The van der Waals surface area contributed by atoms with Crippen LogP contribution in [0, 0.1) is 13.8 Å². The van der Waals surface area contributed by atoms with Crippen LogP contribution in [0.1, 0.15) is 30.5 Å². The number of carboxylic acid groups (broad SMARTS) is 1. The molecule has 0 aromatic heterocycles. The minimum Gasteiger partial charge on any atom is -0.480 e. The van der Waals surface area contributed by atoms with Crippen molar-refractivity contribution in [1.82, 2.24) is 5.32 Å². The van der Waals surface area contributed by atoms with Crippen LogP contribution in [0.15, 0.2) is 18.2 Å². The summed E-state index contributed by atoms with van der Waals surface area (Å²) in [4.78, 5) is 10.9. The van der Waals surface area contributed by atoms with Crippen LogP contribution in [0.3, 0.4) is 0 Å². The largest absolute Gasteiger partial charge is 0.480 e. The van der Waals surface area contributed by atoms with Crippen LogP contribution in [0.5, 0.6) is 0 Å².